The average molecular weight is 237 g/mol. The number of rotatable bonds is 3. The Morgan fingerprint density at radius 2 is 2.45 bits per heavy atom. The molecule has 3 nitrogen and oxygen atoms in total. The molecule has 1 aromatic rings. The van der Waals surface area contributed by atoms with E-state index in [1.165, 1.54) is 11.5 Å². The summed E-state index contributed by atoms with van der Waals surface area (Å²) in [5, 5.41) is 0. The van der Waals surface area contributed by atoms with Gasteiger partial charge in [-0.25, -0.2) is 4.98 Å². The lowest BCUT2D eigenvalue weighted by atomic mass is 10.3. The molecule has 0 saturated carbocycles. The first-order chi connectivity index (χ1) is 5.27. The first kappa shape index (κ1) is 9.09. The molecule has 0 amide bonds. The Balaban J connectivity index is 2.73. The fourth-order valence-electron chi connectivity index (χ4n) is 0.801. The van der Waals surface area contributed by atoms with Gasteiger partial charge in [0.15, 0.2) is 9.74 Å². The molecule has 11 heavy (non-hydrogen) atoms. The van der Waals surface area contributed by atoms with Gasteiger partial charge in [0.2, 0.25) is 0 Å². The van der Waals surface area contributed by atoms with Gasteiger partial charge < -0.3 is 4.74 Å². The minimum atomic E-state index is 0.0394. The molecule has 1 rings (SSSR count). The molecule has 0 N–H and O–H groups in total. The summed E-state index contributed by atoms with van der Waals surface area (Å²) in [5.41, 5.74) is 0. The Morgan fingerprint density at radius 3 is 2.82 bits per heavy atom. The van der Waals surface area contributed by atoms with Gasteiger partial charge in [-0.1, -0.05) is 6.92 Å². The van der Waals surface area contributed by atoms with Crippen LogP contribution in [0.1, 0.15) is 25.3 Å². The van der Waals surface area contributed by atoms with Gasteiger partial charge in [0.25, 0.3) is 0 Å². The normalized spacial score (nSPS) is 13.4. The molecular formula is C6H9BrN2OS. The average Bonchev–Trinajstić information content (AvgIpc) is 2.39. The number of halogens is 1. The van der Waals surface area contributed by atoms with Crippen LogP contribution in [-0.2, 0) is 4.74 Å². The standard InChI is InChI=1S/C6H9BrN2OS/c1-3-4(10-2)5-8-6(7)11-9-5/h4H,3H2,1-2H3. The van der Waals surface area contributed by atoms with Crippen LogP contribution in [0.4, 0.5) is 0 Å². The molecule has 0 aliphatic heterocycles. The Bertz CT molecular complexity index is 224. The number of aromatic nitrogens is 2. The Morgan fingerprint density at radius 1 is 1.73 bits per heavy atom. The summed E-state index contributed by atoms with van der Waals surface area (Å²) in [6.45, 7) is 2.04. The fourth-order valence-corrected chi connectivity index (χ4v) is 1.66. The van der Waals surface area contributed by atoms with Crippen LogP contribution in [0.15, 0.2) is 3.92 Å². The zero-order valence-corrected chi connectivity index (χ0v) is 8.78. The van der Waals surface area contributed by atoms with E-state index in [9.17, 15) is 0 Å². The Kier molecular flexibility index (Phi) is 3.42. The van der Waals surface area contributed by atoms with Gasteiger partial charge in [-0.15, -0.1) is 0 Å². The fraction of sp³-hybridized carbons (Fsp3) is 0.667. The summed E-state index contributed by atoms with van der Waals surface area (Å²) in [5.74, 6) is 0.770. The van der Waals surface area contributed by atoms with E-state index in [0.29, 0.717) is 0 Å². The molecule has 1 unspecified atom stereocenters. The van der Waals surface area contributed by atoms with Gasteiger partial charge in [-0.2, -0.15) is 4.37 Å². The monoisotopic (exact) mass is 236 g/mol. The minimum Gasteiger partial charge on any atom is -0.373 e. The first-order valence-electron chi connectivity index (χ1n) is 3.29. The highest BCUT2D eigenvalue weighted by atomic mass is 79.9. The first-order valence-corrected chi connectivity index (χ1v) is 4.86. The molecule has 0 radical (unpaired) electrons. The van der Waals surface area contributed by atoms with E-state index in [0.717, 1.165) is 16.2 Å². The van der Waals surface area contributed by atoms with E-state index in [1.54, 1.807) is 7.11 Å². The van der Waals surface area contributed by atoms with Crippen LogP contribution in [0.5, 0.6) is 0 Å². The van der Waals surface area contributed by atoms with Gasteiger partial charge in [0, 0.05) is 7.11 Å². The van der Waals surface area contributed by atoms with E-state index >= 15 is 0 Å². The predicted molar refractivity (Wildman–Crippen MR) is 47.7 cm³/mol. The molecule has 0 aromatic carbocycles. The van der Waals surface area contributed by atoms with Crippen molar-refractivity contribution < 1.29 is 4.74 Å². The molecule has 1 aromatic heterocycles. The van der Waals surface area contributed by atoms with Crippen LogP contribution in [0, 0.1) is 0 Å². The lowest BCUT2D eigenvalue weighted by molar-refractivity contribution is 0.0935. The molecule has 62 valence electrons. The number of nitrogens with zero attached hydrogens (tertiary/aromatic N) is 2. The Hall–Kier alpha value is -0.0000000000000000555. The van der Waals surface area contributed by atoms with Gasteiger partial charge in [-0.3, -0.25) is 0 Å². The Labute approximate surface area is 78.1 Å². The van der Waals surface area contributed by atoms with Crippen LogP contribution in [0.2, 0.25) is 0 Å². The topological polar surface area (TPSA) is 35.0 Å². The van der Waals surface area contributed by atoms with Gasteiger partial charge in [-0.05, 0) is 33.9 Å². The summed E-state index contributed by atoms with van der Waals surface area (Å²) in [6, 6.07) is 0. The van der Waals surface area contributed by atoms with Crippen LogP contribution >= 0.6 is 27.5 Å². The maximum absolute atomic E-state index is 5.16. The summed E-state index contributed by atoms with van der Waals surface area (Å²) in [6.07, 6.45) is 0.942. The van der Waals surface area contributed by atoms with E-state index in [1.807, 2.05) is 6.92 Å². The summed E-state index contributed by atoms with van der Waals surface area (Å²) < 4.78 is 10.1. The van der Waals surface area contributed by atoms with Crippen LogP contribution in [-0.4, -0.2) is 16.5 Å². The van der Waals surface area contributed by atoms with Crippen molar-refractivity contribution in [1.29, 1.82) is 0 Å². The quantitative estimate of drug-likeness (QED) is 0.809. The van der Waals surface area contributed by atoms with Gasteiger partial charge in [0.05, 0.1) is 0 Å². The summed E-state index contributed by atoms with van der Waals surface area (Å²) in [7, 11) is 1.67. The number of ether oxygens (including phenoxy) is 1. The van der Waals surface area contributed by atoms with Gasteiger partial charge >= 0.3 is 0 Å². The summed E-state index contributed by atoms with van der Waals surface area (Å²) in [4.78, 5) is 4.15. The zero-order chi connectivity index (χ0) is 8.27. The number of methoxy groups -OCH3 is 1. The highest BCUT2D eigenvalue weighted by Gasteiger charge is 2.12. The maximum atomic E-state index is 5.16. The molecule has 0 bridgehead atoms. The molecule has 0 aliphatic rings. The third-order valence-corrected chi connectivity index (χ3v) is 2.49. The van der Waals surface area contributed by atoms with Crippen molar-refractivity contribution in [1.82, 2.24) is 9.36 Å². The van der Waals surface area contributed by atoms with E-state index < -0.39 is 0 Å². The molecule has 1 atom stereocenters. The van der Waals surface area contributed by atoms with Crippen LogP contribution in [0.25, 0.3) is 0 Å². The second-order valence-electron chi connectivity index (χ2n) is 2.04. The van der Waals surface area contributed by atoms with Crippen molar-refractivity contribution in [2.75, 3.05) is 7.11 Å². The lowest BCUT2D eigenvalue weighted by Crippen LogP contribution is -2.01. The van der Waals surface area contributed by atoms with Crippen LogP contribution in [0.3, 0.4) is 0 Å². The van der Waals surface area contributed by atoms with Crippen molar-refractivity contribution in [2.45, 2.75) is 19.4 Å². The number of hydrogen-bond acceptors (Lipinski definition) is 4. The zero-order valence-electron chi connectivity index (χ0n) is 6.37. The molecule has 0 aliphatic carbocycles. The molecular weight excluding hydrogens is 228 g/mol. The van der Waals surface area contributed by atoms with E-state index in [-0.39, 0.29) is 6.10 Å². The maximum Gasteiger partial charge on any atom is 0.179 e. The van der Waals surface area contributed by atoms with Crippen molar-refractivity contribution in [3.05, 3.63) is 9.74 Å². The molecule has 1 heterocycles. The molecule has 0 spiro atoms. The SMILES string of the molecule is CCC(OC)c1nsc(Br)n1. The third kappa shape index (κ3) is 2.21. The van der Waals surface area contributed by atoms with Crippen molar-refractivity contribution in [2.24, 2.45) is 0 Å². The molecule has 0 fully saturated rings. The lowest BCUT2D eigenvalue weighted by Gasteiger charge is -2.06. The van der Waals surface area contributed by atoms with E-state index in [2.05, 4.69) is 25.3 Å². The number of hydrogen-bond donors (Lipinski definition) is 0. The predicted octanol–water partition coefficient (Wildman–Crippen LogP) is 2.40. The molecule has 0 saturated heterocycles. The second kappa shape index (κ2) is 4.13. The van der Waals surface area contributed by atoms with E-state index in [4.69, 9.17) is 4.74 Å². The highest BCUT2D eigenvalue weighted by molar-refractivity contribution is 9.11. The highest BCUT2D eigenvalue weighted by Crippen LogP contribution is 2.21. The van der Waals surface area contributed by atoms with Crippen molar-refractivity contribution >= 4 is 27.5 Å². The van der Waals surface area contributed by atoms with Crippen molar-refractivity contribution in [3.8, 4) is 0 Å². The van der Waals surface area contributed by atoms with Crippen LogP contribution < -0.4 is 0 Å². The largest absolute Gasteiger partial charge is 0.373 e. The minimum absolute atomic E-state index is 0.0394. The smallest absolute Gasteiger partial charge is 0.179 e. The van der Waals surface area contributed by atoms with Gasteiger partial charge in [0.1, 0.15) is 6.10 Å². The van der Waals surface area contributed by atoms with Crippen molar-refractivity contribution in [3.63, 3.8) is 0 Å². The third-order valence-electron chi connectivity index (χ3n) is 1.36. The summed E-state index contributed by atoms with van der Waals surface area (Å²) >= 11 is 4.59. The molecule has 5 heteroatoms. The second-order valence-corrected chi connectivity index (χ2v) is 4.07.